The lowest BCUT2D eigenvalue weighted by molar-refractivity contribution is 0.566. The zero-order valence-electron chi connectivity index (χ0n) is 6.83. The van der Waals surface area contributed by atoms with Crippen molar-refractivity contribution in [1.82, 2.24) is 0 Å². The van der Waals surface area contributed by atoms with Crippen molar-refractivity contribution in [2.24, 2.45) is 0 Å². The molecule has 0 aromatic heterocycles. The van der Waals surface area contributed by atoms with E-state index in [1.807, 2.05) is 0 Å². The minimum atomic E-state index is -2.93. The van der Waals surface area contributed by atoms with Gasteiger partial charge in [-0.3, -0.25) is 0 Å². The van der Waals surface area contributed by atoms with Crippen LogP contribution in [0, 0.1) is 0 Å². The van der Waals surface area contributed by atoms with Gasteiger partial charge in [0.1, 0.15) is 0 Å². The molecule has 2 nitrogen and oxygen atoms in total. The van der Waals surface area contributed by atoms with Crippen LogP contribution in [-0.4, -0.2) is 20.4 Å². The Hall–Kier alpha value is -0.220. The molecule has 5 heteroatoms. The lowest BCUT2D eigenvalue weighted by atomic mass is 10.2. The molecule has 0 radical (unpaired) electrons. The van der Waals surface area contributed by atoms with Crippen molar-refractivity contribution in [3.05, 3.63) is 33.8 Å². The van der Waals surface area contributed by atoms with Crippen molar-refractivity contribution in [1.29, 1.82) is 0 Å². The molecule has 0 bridgehead atoms. The Morgan fingerprint density at radius 1 is 1.46 bits per heavy atom. The van der Waals surface area contributed by atoms with Crippen molar-refractivity contribution in [2.75, 3.05) is 6.26 Å². The smallest absolute Gasteiger partial charge is 0.0792 e. The minimum Gasteiger partial charge on any atom is -0.314 e. The van der Waals surface area contributed by atoms with E-state index >= 15 is 0 Å². The normalized spacial score (nSPS) is 15.1. The summed E-state index contributed by atoms with van der Waals surface area (Å²) in [5.74, 6) is 0. The van der Waals surface area contributed by atoms with E-state index in [2.05, 4.69) is 0 Å². The molecule has 0 fully saturated rings. The van der Waals surface area contributed by atoms with Crippen LogP contribution in [0.4, 0.5) is 0 Å². The average Bonchev–Trinajstić information content (AvgIpc) is 1.94. The largest absolute Gasteiger partial charge is 0.314 e. The standard InChI is InChI=1S/C8H8Cl2O2S/c1-13(11,12)5-6-4-7(9)2-3-8(6)10/h2-5H,1H3,(H,11,12). The van der Waals surface area contributed by atoms with Crippen LogP contribution in [0.1, 0.15) is 5.56 Å². The summed E-state index contributed by atoms with van der Waals surface area (Å²) < 4.78 is 20.1. The fourth-order valence-corrected chi connectivity index (χ4v) is 1.92. The first-order valence-corrected chi connectivity index (χ1v) is 6.14. The molecule has 0 saturated carbocycles. The van der Waals surface area contributed by atoms with Crippen LogP contribution in [-0.2, 0) is 9.80 Å². The average molecular weight is 239 g/mol. The molecular formula is C8H8Cl2O2S. The summed E-state index contributed by atoms with van der Waals surface area (Å²) in [7, 11) is -2.93. The lowest BCUT2D eigenvalue weighted by Crippen LogP contribution is -1.99. The van der Waals surface area contributed by atoms with Crippen LogP contribution in [0.3, 0.4) is 0 Å². The molecule has 1 aromatic carbocycles. The minimum absolute atomic E-state index is 0.410. The molecule has 0 aliphatic heterocycles. The van der Waals surface area contributed by atoms with Gasteiger partial charge in [0.25, 0.3) is 0 Å². The van der Waals surface area contributed by atoms with Gasteiger partial charge in [0.2, 0.25) is 0 Å². The maximum Gasteiger partial charge on any atom is 0.0792 e. The molecule has 0 spiro atoms. The van der Waals surface area contributed by atoms with Gasteiger partial charge in [-0.15, -0.1) is 0 Å². The van der Waals surface area contributed by atoms with Crippen LogP contribution < -0.4 is 0 Å². The molecule has 1 rings (SSSR count). The van der Waals surface area contributed by atoms with Crippen molar-refractivity contribution < 1.29 is 8.76 Å². The summed E-state index contributed by atoms with van der Waals surface area (Å²) >= 11 is 11.5. The van der Waals surface area contributed by atoms with Gasteiger partial charge in [0.05, 0.1) is 9.80 Å². The van der Waals surface area contributed by atoms with Crippen molar-refractivity contribution in [3.63, 3.8) is 0 Å². The zero-order valence-corrected chi connectivity index (χ0v) is 9.16. The van der Waals surface area contributed by atoms with Gasteiger partial charge in [-0.1, -0.05) is 23.2 Å². The molecule has 0 saturated heterocycles. The van der Waals surface area contributed by atoms with Crippen molar-refractivity contribution in [2.45, 2.75) is 0 Å². The van der Waals surface area contributed by atoms with Gasteiger partial charge in [-0.25, -0.2) is 4.21 Å². The predicted octanol–water partition coefficient (Wildman–Crippen LogP) is 2.53. The molecule has 1 unspecified atom stereocenters. The van der Waals surface area contributed by atoms with E-state index in [9.17, 15) is 4.21 Å². The molecule has 0 heterocycles. The molecule has 13 heavy (non-hydrogen) atoms. The van der Waals surface area contributed by atoms with E-state index < -0.39 is 9.80 Å². The van der Waals surface area contributed by atoms with Gasteiger partial charge >= 0.3 is 0 Å². The number of benzene rings is 1. The van der Waals surface area contributed by atoms with Gasteiger partial charge in [-0.05, 0) is 18.2 Å². The second kappa shape index (κ2) is 3.88. The first kappa shape index (κ1) is 10.9. The van der Waals surface area contributed by atoms with E-state index in [1.54, 1.807) is 18.2 Å². The molecule has 0 amide bonds. The summed E-state index contributed by atoms with van der Waals surface area (Å²) in [6.45, 7) is 0. The quantitative estimate of drug-likeness (QED) is 0.764. The third-order valence-electron chi connectivity index (χ3n) is 1.30. The van der Waals surface area contributed by atoms with Gasteiger partial charge in [-0.2, -0.15) is 0 Å². The maximum atomic E-state index is 11.0. The zero-order chi connectivity index (χ0) is 10.1. The molecule has 1 atom stereocenters. The Labute approximate surface area is 87.3 Å². The van der Waals surface area contributed by atoms with E-state index in [0.29, 0.717) is 15.6 Å². The predicted molar refractivity (Wildman–Crippen MR) is 58.3 cm³/mol. The van der Waals surface area contributed by atoms with Gasteiger partial charge < -0.3 is 4.55 Å². The second-order valence-electron chi connectivity index (χ2n) is 2.64. The monoisotopic (exact) mass is 238 g/mol. The van der Waals surface area contributed by atoms with E-state index in [0.717, 1.165) is 0 Å². The highest BCUT2D eigenvalue weighted by molar-refractivity contribution is 7.95. The Kier molecular flexibility index (Phi) is 3.24. The summed E-state index contributed by atoms with van der Waals surface area (Å²) in [6.07, 6.45) is 1.21. The van der Waals surface area contributed by atoms with Crippen LogP contribution >= 0.6 is 23.2 Å². The summed E-state index contributed by atoms with van der Waals surface area (Å²) in [4.78, 5) is 0. The Morgan fingerprint density at radius 3 is 2.62 bits per heavy atom. The van der Waals surface area contributed by atoms with E-state index in [4.69, 9.17) is 27.8 Å². The SMILES string of the molecule is CS(=O)(O)=Cc1cc(Cl)ccc1Cl. The van der Waals surface area contributed by atoms with Crippen molar-refractivity contribution >= 4 is 38.4 Å². The van der Waals surface area contributed by atoms with E-state index in [1.165, 1.54) is 11.6 Å². The highest BCUT2D eigenvalue weighted by Crippen LogP contribution is 2.19. The Balaban J connectivity index is 3.31. The maximum absolute atomic E-state index is 11.0. The molecule has 0 aliphatic carbocycles. The molecule has 1 N–H and O–H groups in total. The number of hydrogen-bond acceptors (Lipinski definition) is 1. The fraction of sp³-hybridized carbons (Fsp3) is 0.125. The topological polar surface area (TPSA) is 37.3 Å². The van der Waals surface area contributed by atoms with E-state index in [-0.39, 0.29) is 0 Å². The lowest BCUT2D eigenvalue weighted by Gasteiger charge is -2.00. The first-order valence-electron chi connectivity index (χ1n) is 3.40. The number of rotatable bonds is 1. The van der Waals surface area contributed by atoms with Crippen molar-refractivity contribution in [3.8, 4) is 0 Å². The molecule has 0 aliphatic rings. The van der Waals surface area contributed by atoms with Gasteiger partial charge in [0.15, 0.2) is 0 Å². The number of halogens is 2. The highest BCUT2D eigenvalue weighted by atomic mass is 35.5. The number of hydrogen-bond donors (Lipinski definition) is 1. The summed E-state index contributed by atoms with van der Waals surface area (Å²) in [5, 5.41) is 2.09. The van der Waals surface area contributed by atoms with Crippen LogP contribution in [0.2, 0.25) is 10.0 Å². The molecule has 72 valence electrons. The fourth-order valence-electron chi connectivity index (χ4n) is 0.841. The highest BCUT2D eigenvalue weighted by Gasteiger charge is 2.00. The molecular weight excluding hydrogens is 231 g/mol. The Morgan fingerprint density at radius 2 is 2.08 bits per heavy atom. The molecule has 1 aromatic rings. The third-order valence-corrected chi connectivity index (χ3v) is 2.57. The van der Waals surface area contributed by atoms with Gasteiger partial charge in [0, 0.05) is 27.2 Å². The summed E-state index contributed by atoms with van der Waals surface area (Å²) in [6, 6.07) is 4.75. The first-order chi connectivity index (χ1) is 5.88. The second-order valence-corrected chi connectivity index (χ2v) is 5.45. The third kappa shape index (κ3) is 3.56. The van der Waals surface area contributed by atoms with Crippen LogP contribution in [0.15, 0.2) is 18.2 Å². The van der Waals surface area contributed by atoms with Crippen LogP contribution in [0.5, 0.6) is 0 Å². The summed E-state index contributed by atoms with van der Waals surface area (Å²) in [5.41, 5.74) is 0.476. The Bertz CT molecular complexity index is 426. The van der Waals surface area contributed by atoms with Crippen LogP contribution in [0.25, 0.3) is 0 Å².